The Bertz CT molecular complexity index is 1130. The zero-order chi connectivity index (χ0) is 22.0. The van der Waals surface area contributed by atoms with Gasteiger partial charge in [-0.25, -0.2) is 4.98 Å². The summed E-state index contributed by atoms with van der Waals surface area (Å²) < 4.78 is 1.79. The van der Waals surface area contributed by atoms with Crippen LogP contribution in [0.2, 0.25) is 0 Å². The Morgan fingerprint density at radius 3 is 2.65 bits per heavy atom. The van der Waals surface area contributed by atoms with Crippen LogP contribution in [0.15, 0.2) is 41.3 Å². The molecule has 0 bridgehead atoms. The SMILES string of the molecule is CCN(Cc1cn(C)nc1C)C(=O)C1CCc2nc(-c3ccccc3)[nH]c(=O)c2CC1. The number of aryl methyl sites for hydroxylation is 3. The molecule has 1 aliphatic carbocycles. The number of aromatic amines is 1. The number of amides is 1. The smallest absolute Gasteiger partial charge is 0.254 e. The molecule has 7 nitrogen and oxygen atoms in total. The van der Waals surface area contributed by atoms with Gasteiger partial charge >= 0.3 is 0 Å². The van der Waals surface area contributed by atoms with E-state index in [0.29, 0.717) is 44.6 Å². The molecule has 1 atom stereocenters. The largest absolute Gasteiger partial charge is 0.338 e. The van der Waals surface area contributed by atoms with E-state index >= 15 is 0 Å². The molecule has 4 rings (SSSR count). The number of nitrogens with zero attached hydrogens (tertiary/aromatic N) is 4. The maximum Gasteiger partial charge on any atom is 0.254 e. The first-order chi connectivity index (χ1) is 15.0. The quantitative estimate of drug-likeness (QED) is 0.645. The molecule has 0 fully saturated rings. The van der Waals surface area contributed by atoms with Crippen LogP contribution in [0.5, 0.6) is 0 Å². The van der Waals surface area contributed by atoms with Gasteiger partial charge in [-0.2, -0.15) is 5.10 Å². The Morgan fingerprint density at radius 1 is 1.23 bits per heavy atom. The lowest BCUT2D eigenvalue weighted by Gasteiger charge is -2.25. The van der Waals surface area contributed by atoms with Gasteiger partial charge in [0, 0.05) is 48.9 Å². The van der Waals surface area contributed by atoms with Crippen molar-refractivity contribution in [2.24, 2.45) is 13.0 Å². The van der Waals surface area contributed by atoms with Gasteiger partial charge in [-0.15, -0.1) is 0 Å². The van der Waals surface area contributed by atoms with Gasteiger partial charge in [0.25, 0.3) is 5.56 Å². The van der Waals surface area contributed by atoms with Gasteiger partial charge in [0.2, 0.25) is 5.91 Å². The molecule has 0 aliphatic heterocycles. The summed E-state index contributed by atoms with van der Waals surface area (Å²) in [6.45, 7) is 5.19. The fourth-order valence-corrected chi connectivity index (χ4v) is 4.38. The van der Waals surface area contributed by atoms with Crippen molar-refractivity contribution in [3.05, 3.63) is 69.4 Å². The summed E-state index contributed by atoms with van der Waals surface area (Å²) in [5.41, 5.74) is 4.37. The highest BCUT2D eigenvalue weighted by Gasteiger charge is 2.28. The summed E-state index contributed by atoms with van der Waals surface area (Å²) in [6, 6.07) is 9.67. The molecule has 1 N–H and O–H groups in total. The molecule has 1 unspecified atom stereocenters. The van der Waals surface area contributed by atoms with Crippen LogP contribution in [0.4, 0.5) is 0 Å². The first-order valence-electron chi connectivity index (χ1n) is 10.9. The average Bonchev–Trinajstić information content (AvgIpc) is 2.96. The van der Waals surface area contributed by atoms with E-state index in [1.165, 1.54) is 0 Å². The normalized spacial score (nSPS) is 15.9. The first-order valence-corrected chi connectivity index (χ1v) is 10.9. The van der Waals surface area contributed by atoms with E-state index < -0.39 is 0 Å². The van der Waals surface area contributed by atoms with Crippen molar-refractivity contribution in [1.82, 2.24) is 24.6 Å². The number of carbonyl (C=O) groups excluding carboxylic acids is 1. The van der Waals surface area contributed by atoms with Crippen molar-refractivity contribution in [2.45, 2.75) is 46.1 Å². The molecule has 0 radical (unpaired) electrons. The number of benzene rings is 1. The maximum absolute atomic E-state index is 13.3. The van der Waals surface area contributed by atoms with Gasteiger partial charge in [-0.1, -0.05) is 30.3 Å². The summed E-state index contributed by atoms with van der Waals surface area (Å²) in [5.74, 6) is 0.639. The molecule has 1 aromatic carbocycles. The van der Waals surface area contributed by atoms with E-state index in [9.17, 15) is 9.59 Å². The van der Waals surface area contributed by atoms with Crippen molar-refractivity contribution in [2.75, 3.05) is 6.54 Å². The zero-order valence-electron chi connectivity index (χ0n) is 18.4. The van der Waals surface area contributed by atoms with Crippen molar-refractivity contribution >= 4 is 5.91 Å². The number of aromatic nitrogens is 4. The lowest BCUT2D eigenvalue weighted by molar-refractivity contribution is -0.136. The molecule has 1 amide bonds. The van der Waals surface area contributed by atoms with Gasteiger partial charge in [-0.3, -0.25) is 14.3 Å². The fraction of sp³-hybridized carbons (Fsp3) is 0.417. The van der Waals surface area contributed by atoms with Gasteiger partial charge in [-0.05, 0) is 39.5 Å². The lowest BCUT2D eigenvalue weighted by atomic mass is 9.97. The monoisotopic (exact) mass is 419 g/mol. The molecule has 0 saturated carbocycles. The van der Waals surface area contributed by atoms with Gasteiger partial charge in [0.1, 0.15) is 5.82 Å². The van der Waals surface area contributed by atoms with E-state index in [2.05, 4.69) is 10.1 Å². The Hall–Kier alpha value is -3.22. The second-order valence-corrected chi connectivity index (χ2v) is 8.25. The van der Waals surface area contributed by atoms with Gasteiger partial charge in [0.15, 0.2) is 0 Å². The lowest BCUT2D eigenvalue weighted by Crippen LogP contribution is -2.36. The molecular weight excluding hydrogens is 390 g/mol. The van der Waals surface area contributed by atoms with Crippen LogP contribution in [0.1, 0.15) is 42.3 Å². The van der Waals surface area contributed by atoms with Crippen molar-refractivity contribution in [3.63, 3.8) is 0 Å². The second kappa shape index (κ2) is 8.88. The van der Waals surface area contributed by atoms with E-state index in [1.807, 2.05) is 62.3 Å². The predicted octanol–water partition coefficient (Wildman–Crippen LogP) is 3.02. The maximum atomic E-state index is 13.3. The van der Waals surface area contributed by atoms with Crippen LogP contribution < -0.4 is 5.56 Å². The van der Waals surface area contributed by atoms with Crippen LogP contribution in [0, 0.1) is 12.8 Å². The van der Waals surface area contributed by atoms with Crippen LogP contribution in [-0.4, -0.2) is 37.1 Å². The van der Waals surface area contributed by atoms with Crippen LogP contribution in [0.3, 0.4) is 0 Å². The molecule has 7 heteroatoms. The van der Waals surface area contributed by atoms with Crippen molar-refractivity contribution < 1.29 is 4.79 Å². The van der Waals surface area contributed by atoms with Crippen LogP contribution >= 0.6 is 0 Å². The van der Waals surface area contributed by atoms with Gasteiger partial charge in [0.05, 0.1) is 11.4 Å². The fourth-order valence-electron chi connectivity index (χ4n) is 4.38. The third-order valence-corrected chi connectivity index (χ3v) is 6.14. The summed E-state index contributed by atoms with van der Waals surface area (Å²) in [4.78, 5) is 35.7. The average molecular weight is 420 g/mol. The summed E-state index contributed by atoms with van der Waals surface area (Å²) in [5, 5.41) is 4.39. The van der Waals surface area contributed by atoms with Crippen LogP contribution in [0.25, 0.3) is 11.4 Å². The number of hydrogen-bond donors (Lipinski definition) is 1. The second-order valence-electron chi connectivity index (χ2n) is 8.25. The zero-order valence-corrected chi connectivity index (χ0v) is 18.4. The number of H-pyrrole nitrogens is 1. The number of rotatable bonds is 5. The Labute approximate surface area is 182 Å². The molecule has 31 heavy (non-hydrogen) atoms. The third kappa shape index (κ3) is 4.45. The van der Waals surface area contributed by atoms with E-state index in [-0.39, 0.29) is 17.4 Å². The minimum atomic E-state index is -0.106. The summed E-state index contributed by atoms with van der Waals surface area (Å²) >= 11 is 0. The summed E-state index contributed by atoms with van der Waals surface area (Å²) in [6.07, 6.45) is 4.57. The molecular formula is C24H29N5O2. The molecule has 2 heterocycles. The van der Waals surface area contributed by atoms with Crippen molar-refractivity contribution in [1.29, 1.82) is 0 Å². The molecule has 3 aromatic rings. The van der Waals surface area contributed by atoms with Crippen molar-refractivity contribution in [3.8, 4) is 11.4 Å². The topological polar surface area (TPSA) is 83.9 Å². The Kier molecular flexibility index (Phi) is 6.02. The Balaban J connectivity index is 1.52. The van der Waals surface area contributed by atoms with E-state index in [4.69, 9.17) is 4.98 Å². The highest BCUT2D eigenvalue weighted by atomic mass is 16.2. The number of hydrogen-bond acceptors (Lipinski definition) is 4. The first kappa shape index (κ1) is 21.0. The highest BCUT2D eigenvalue weighted by Crippen LogP contribution is 2.25. The van der Waals surface area contributed by atoms with Gasteiger partial charge < -0.3 is 9.88 Å². The Morgan fingerprint density at radius 2 is 1.97 bits per heavy atom. The molecule has 0 spiro atoms. The van der Waals surface area contributed by atoms with E-state index in [1.54, 1.807) is 4.68 Å². The molecule has 0 saturated heterocycles. The standard InChI is InChI=1S/C24H29N5O2/c1-4-29(15-19-14-28(3)27-16(19)2)24(31)18-10-12-20-21(13-11-18)25-22(26-23(20)30)17-8-6-5-7-9-17/h5-9,14,18H,4,10-13,15H2,1-3H3,(H,25,26,30). The summed E-state index contributed by atoms with van der Waals surface area (Å²) in [7, 11) is 1.89. The molecule has 162 valence electrons. The number of fused-ring (bicyclic) bond motifs is 1. The minimum absolute atomic E-state index is 0.0877. The van der Waals surface area contributed by atoms with Crippen LogP contribution in [-0.2, 0) is 31.2 Å². The minimum Gasteiger partial charge on any atom is -0.338 e. The molecule has 2 aromatic heterocycles. The predicted molar refractivity (Wildman–Crippen MR) is 119 cm³/mol. The number of carbonyl (C=O) groups is 1. The third-order valence-electron chi connectivity index (χ3n) is 6.14. The van der Waals surface area contributed by atoms with E-state index in [0.717, 1.165) is 28.1 Å². The number of nitrogens with one attached hydrogen (secondary N) is 1. The highest BCUT2D eigenvalue weighted by molar-refractivity contribution is 5.79. The molecule has 1 aliphatic rings.